The van der Waals surface area contributed by atoms with Gasteiger partial charge in [0.05, 0.1) is 11.7 Å². The number of hydrogen-bond acceptors (Lipinski definition) is 7. The summed E-state index contributed by atoms with van der Waals surface area (Å²) in [6.07, 6.45) is 5.26. The number of hydrogen-bond donors (Lipinski definition) is 1. The number of likely N-dealkylation sites (tertiary alicyclic amines) is 1. The van der Waals surface area contributed by atoms with E-state index in [1.54, 1.807) is 10.8 Å². The molecule has 0 atom stereocenters. The van der Waals surface area contributed by atoms with Crippen molar-refractivity contribution in [1.29, 1.82) is 0 Å². The Kier molecular flexibility index (Phi) is 7.24. The monoisotopic (exact) mass is 457 g/mol. The molecule has 1 fully saturated rings. The molecule has 9 heteroatoms. The lowest BCUT2D eigenvalue weighted by Crippen LogP contribution is -2.43. The van der Waals surface area contributed by atoms with Gasteiger partial charge in [-0.2, -0.15) is 0 Å². The lowest BCUT2D eigenvalue weighted by atomic mass is 10.0. The molecule has 2 aromatic heterocycles. The Hall–Kier alpha value is -2.68. The van der Waals surface area contributed by atoms with Crippen molar-refractivity contribution in [2.75, 3.05) is 32.8 Å². The summed E-state index contributed by atoms with van der Waals surface area (Å²) in [6.45, 7) is 5.60. The SMILES string of the molecule is Cl.O=c1cnc2ncccc2n1CCN1CCC(NCc2ccc3c(c2)OCCO3)CC1. The maximum absolute atomic E-state index is 12.3. The molecule has 0 saturated carbocycles. The highest BCUT2D eigenvalue weighted by Crippen LogP contribution is 2.30. The van der Waals surface area contributed by atoms with Crippen LogP contribution in [0.25, 0.3) is 11.2 Å². The van der Waals surface area contributed by atoms with Gasteiger partial charge in [-0.05, 0) is 55.8 Å². The first kappa shape index (κ1) is 22.5. The zero-order chi connectivity index (χ0) is 21.0. The van der Waals surface area contributed by atoms with Gasteiger partial charge < -0.3 is 24.3 Å². The van der Waals surface area contributed by atoms with Gasteiger partial charge in [0, 0.05) is 31.9 Å². The molecule has 0 radical (unpaired) electrons. The van der Waals surface area contributed by atoms with Crippen molar-refractivity contribution in [3.05, 3.63) is 58.6 Å². The van der Waals surface area contributed by atoms with Crippen LogP contribution in [0.15, 0.2) is 47.5 Å². The van der Waals surface area contributed by atoms with Crippen LogP contribution in [0.5, 0.6) is 11.5 Å². The molecule has 0 amide bonds. The van der Waals surface area contributed by atoms with Gasteiger partial charge in [-0.15, -0.1) is 12.4 Å². The Morgan fingerprint density at radius 1 is 1.03 bits per heavy atom. The van der Waals surface area contributed by atoms with Gasteiger partial charge in [0.25, 0.3) is 5.56 Å². The number of nitrogens with zero attached hydrogens (tertiary/aromatic N) is 4. The Labute approximate surface area is 193 Å². The van der Waals surface area contributed by atoms with Crippen molar-refractivity contribution < 1.29 is 9.47 Å². The zero-order valence-electron chi connectivity index (χ0n) is 17.9. The van der Waals surface area contributed by atoms with Crippen LogP contribution in [0, 0.1) is 0 Å². The molecule has 32 heavy (non-hydrogen) atoms. The predicted molar refractivity (Wildman–Crippen MR) is 125 cm³/mol. The van der Waals surface area contributed by atoms with Crippen molar-refractivity contribution in [2.24, 2.45) is 0 Å². The number of benzene rings is 1. The first-order chi connectivity index (χ1) is 15.3. The van der Waals surface area contributed by atoms with E-state index < -0.39 is 0 Å². The summed E-state index contributed by atoms with van der Waals surface area (Å²) < 4.78 is 13.0. The summed E-state index contributed by atoms with van der Waals surface area (Å²) in [4.78, 5) is 23.1. The normalized spacial score (nSPS) is 16.6. The van der Waals surface area contributed by atoms with Crippen LogP contribution in [0.3, 0.4) is 0 Å². The lowest BCUT2D eigenvalue weighted by Gasteiger charge is -2.32. The van der Waals surface area contributed by atoms with Crippen LogP contribution >= 0.6 is 12.4 Å². The molecular formula is C23H28ClN5O3. The van der Waals surface area contributed by atoms with E-state index in [1.807, 2.05) is 18.2 Å². The molecule has 2 aliphatic rings. The quantitative estimate of drug-likeness (QED) is 0.607. The van der Waals surface area contributed by atoms with E-state index in [2.05, 4.69) is 32.3 Å². The molecule has 0 unspecified atom stereocenters. The molecule has 4 heterocycles. The fraction of sp³-hybridized carbons (Fsp3) is 0.435. The van der Waals surface area contributed by atoms with Gasteiger partial charge in [0.2, 0.25) is 0 Å². The number of fused-ring (bicyclic) bond motifs is 2. The van der Waals surface area contributed by atoms with Crippen LogP contribution in [0.1, 0.15) is 18.4 Å². The number of rotatable bonds is 6. The van der Waals surface area contributed by atoms with Crippen LogP contribution in [-0.2, 0) is 13.1 Å². The highest BCUT2D eigenvalue weighted by atomic mass is 35.5. The number of piperidine rings is 1. The average Bonchev–Trinajstić information content (AvgIpc) is 2.82. The molecule has 5 rings (SSSR count). The summed E-state index contributed by atoms with van der Waals surface area (Å²) in [5.74, 6) is 1.68. The number of nitrogens with one attached hydrogen (secondary N) is 1. The smallest absolute Gasteiger partial charge is 0.269 e. The molecule has 1 aromatic carbocycles. The first-order valence-electron chi connectivity index (χ1n) is 10.9. The van der Waals surface area contributed by atoms with Gasteiger partial charge in [-0.25, -0.2) is 9.97 Å². The molecule has 3 aromatic rings. The average molecular weight is 458 g/mol. The molecule has 1 N–H and O–H groups in total. The van der Waals surface area contributed by atoms with Gasteiger partial charge in [0.15, 0.2) is 17.1 Å². The third-order valence-electron chi connectivity index (χ3n) is 6.05. The van der Waals surface area contributed by atoms with Crippen LogP contribution in [0.2, 0.25) is 0 Å². The van der Waals surface area contributed by atoms with E-state index in [0.717, 1.165) is 56.0 Å². The van der Waals surface area contributed by atoms with Gasteiger partial charge >= 0.3 is 0 Å². The Balaban J connectivity index is 0.00000245. The number of ether oxygens (including phenoxy) is 2. The van der Waals surface area contributed by atoms with Crippen LogP contribution in [-0.4, -0.2) is 58.3 Å². The van der Waals surface area contributed by atoms with Crippen molar-refractivity contribution in [1.82, 2.24) is 24.8 Å². The summed E-state index contributed by atoms with van der Waals surface area (Å²) in [7, 11) is 0. The van der Waals surface area contributed by atoms with E-state index in [-0.39, 0.29) is 18.0 Å². The highest BCUT2D eigenvalue weighted by Gasteiger charge is 2.19. The van der Waals surface area contributed by atoms with Crippen LogP contribution < -0.4 is 20.3 Å². The molecule has 0 spiro atoms. The van der Waals surface area contributed by atoms with E-state index >= 15 is 0 Å². The Morgan fingerprint density at radius 2 is 1.84 bits per heavy atom. The van der Waals surface area contributed by atoms with E-state index in [4.69, 9.17) is 9.47 Å². The van der Waals surface area contributed by atoms with E-state index in [1.165, 1.54) is 11.8 Å². The third kappa shape index (κ3) is 5.03. The predicted octanol–water partition coefficient (Wildman–Crippen LogP) is 2.24. The number of halogens is 1. The summed E-state index contributed by atoms with van der Waals surface area (Å²) in [6, 6.07) is 10.4. The summed E-state index contributed by atoms with van der Waals surface area (Å²) in [5, 5.41) is 3.68. The summed E-state index contributed by atoms with van der Waals surface area (Å²) in [5.41, 5.74) is 2.55. The minimum absolute atomic E-state index is 0. The topological polar surface area (TPSA) is 81.5 Å². The van der Waals surface area contributed by atoms with E-state index in [0.29, 0.717) is 31.4 Å². The maximum Gasteiger partial charge on any atom is 0.269 e. The number of pyridine rings is 1. The van der Waals surface area contributed by atoms with Crippen molar-refractivity contribution >= 4 is 23.6 Å². The standard InChI is InChI=1S/C23H27N5O3.ClH/c29-22-16-26-23-19(2-1-7-24-23)28(22)11-10-27-8-5-18(6-9-27)25-15-17-3-4-20-21(14-17)31-13-12-30-20;/h1-4,7,14,16,18,25H,5-6,8-13,15H2;1H. The molecular weight excluding hydrogens is 430 g/mol. The maximum atomic E-state index is 12.3. The molecule has 170 valence electrons. The minimum atomic E-state index is -0.0727. The van der Waals surface area contributed by atoms with Gasteiger partial charge in [-0.3, -0.25) is 4.79 Å². The second-order valence-electron chi connectivity index (χ2n) is 8.07. The first-order valence-corrected chi connectivity index (χ1v) is 10.9. The number of aromatic nitrogens is 3. The summed E-state index contributed by atoms with van der Waals surface area (Å²) >= 11 is 0. The fourth-order valence-electron chi connectivity index (χ4n) is 4.30. The fourth-order valence-corrected chi connectivity index (χ4v) is 4.30. The third-order valence-corrected chi connectivity index (χ3v) is 6.05. The molecule has 1 saturated heterocycles. The second kappa shape index (κ2) is 10.3. The largest absolute Gasteiger partial charge is 0.486 e. The van der Waals surface area contributed by atoms with Crippen molar-refractivity contribution in [2.45, 2.75) is 32.0 Å². The zero-order valence-corrected chi connectivity index (χ0v) is 18.7. The molecule has 8 nitrogen and oxygen atoms in total. The highest BCUT2D eigenvalue weighted by molar-refractivity contribution is 5.85. The van der Waals surface area contributed by atoms with Gasteiger partial charge in [0.1, 0.15) is 13.2 Å². The second-order valence-corrected chi connectivity index (χ2v) is 8.07. The van der Waals surface area contributed by atoms with Gasteiger partial charge in [-0.1, -0.05) is 6.07 Å². The Morgan fingerprint density at radius 3 is 2.69 bits per heavy atom. The molecule has 0 aliphatic carbocycles. The van der Waals surface area contributed by atoms with Crippen molar-refractivity contribution in [3.63, 3.8) is 0 Å². The van der Waals surface area contributed by atoms with Crippen molar-refractivity contribution in [3.8, 4) is 11.5 Å². The van der Waals surface area contributed by atoms with Crippen LogP contribution in [0.4, 0.5) is 0 Å². The van der Waals surface area contributed by atoms with E-state index in [9.17, 15) is 4.79 Å². The molecule has 2 aliphatic heterocycles. The minimum Gasteiger partial charge on any atom is -0.486 e. The lowest BCUT2D eigenvalue weighted by molar-refractivity contribution is 0.171. The Bertz CT molecular complexity index is 1110. The molecule has 0 bridgehead atoms.